The number of halogens is 1. The summed E-state index contributed by atoms with van der Waals surface area (Å²) in [5.41, 5.74) is 1.04. The average molecular weight is 489 g/mol. The zero-order valence-electron chi connectivity index (χ0n) is 19.4. The summed E-state index contributed by atoms with van der Waals surface area (Å²) in [5.74, 6) is -0.0747. The monoisotopic (exact) mass is 488 g/mol. The number of carbonyl (C=O) groups excluding carboxylic acids is 3. The number of likely N-dealkylation sites (tertiary alicyclic amines) is 1. The van der Waals surface area contributed by atoms with Gasteiger partial charge in [-0.05, 0) is 60.5 Å². The van der Waals surface area contributed by atoms with Crippen LogP contribution in [0.5, 0.6) is 11.5 Å². The fourth-order valence-corrected chi connectivity index (χ4v) is 4.64. The summed E-state index contributed by atoms with van der Waals surface area (Å²) in [6.45, 7) is 0.368. The Labute approximate surface area is 207 Å². The van der Waals surface area contributed by atoms with Gasteiger partial charge in [-0.15, -0.1) is 0 Å². The first-order valence-corrected chi connectivity index (χ1v) is 11.8. The molecule has 2 heterocycles. The quantitative estimate of drug-likeness (QED) is 0.550. The van der Waals surface area contributed by atoms with E-state index in [2.05, 4.69) is 5.32 Å². The fraction of sp³-hybridized carbons (Fsp3) is 0.250. The summed E-state index contributed by atoms with van der Waals surface area (Å²) >= 11 is 0. The van der Waals surface area contributed by atoms with Gasteiger partial charge in [0.15, 0.2) is 5.78 Å². The van der Waals surface area contributed by atoms with Crippen LogP contribution in [0.15, 0.2) is 78.9 Å². The number of hydrogen-bond acceptors (Lipinski definition) is 5. The molecule has 1 N–H and O–H groups in total. The van der Waals surface area contributed by atoms with Crippen LogP contribution in [-0.4, -0.2) is 53.8 Å². The highest BCUT2D eigenvalue weighted by Gasteiger charge is 2.48. The van der Waals surface area contributed by atoms with E-state index in [1.807, 2.05) is 30.3 Å². The number of benzene rings is 3. The number of para-hydroxylation sites is 1. The summed E-state index contributed by atoms with van der Waals surface area (Å²) in [6.07, 6.45) is 0.423. The molecule has 0 aliphatic carbocycles. The Balaban J connectivity index is 1.32. The van der Waals surface area contributed by atoms with E-state index in [1.165, 1.54) is 17.0 Å². The molecule has 0 bridgehead atoms. The van der Waals surface area contributed by atoms with E-state index >= 15 is 0 Å². The van der Waals surface area contributed by atoms with E-state index < -0.39 is 18.0 Å². The topological polar surface area (TPSA) is 84.9 Å². The van der Waals surface area contributed by atoms with Crippen molar-refractivity contribution in [3.63, 3.8) is 0 Å². The van der Waals surface area contributed by atoms with Crippen molar-refractivity contribution >= 4 is 17.6 Å². The molecule has 2 saturated heterocycles. The van der Waals surface area contributed by atoms with Crippen LogP contribution in [0.3, 0.4) is 0 Å². The zero-order valence-corrected chi connectivity index (χ0v) is 19.4. The zero-order chi connectivity index (χ0) is 25.1. The van der Waals surface area contributed by atoms with E-state index in [9.17, 15) is 18.8 Å². The maximum absolute atomic E-state index is 13.5. The van der Waals surface area contributed by atoms with Crippen molar-refractivity contribution in [2.45, 2.75) is 31.0 Å². The van der Waals surface area contributed by atoms with Crippen LogP contribution in [-0.2, 0) is 20.7 Å². The average Bonchev–Trinajstić information content (AvgIpc) is 3.48. The number of ketones is 1. The maximum Gasteiger partial charge on any atom is 0.251 e. The number of Topliss-reactive ketones (excluding diaryl/α,β-unsaturated/α-hetero) is 1. The Hall–Kier alpha value is -4.04. The van der Waals surface area contributed by atoms with E-state index in [0.717, 1.165) is 0 Å². The molecule has 8 heteroatoms. The Kier molecular flexibility index (Phi) is 6.77. The van der Waals surface area contributed by atoms with Gasteiger partial charge in [-0.1, -0.05) is 30.3 Å². The lowest BCUT2D eigenvalue weighted by molar-refractivity contribution is -0.138. The van der Waals surface area contributed by atoms with Crippen molar-refractivity contribution < 1.29 is 28.2 Å². The van der Waals surface area contributed by atoms with Crippen LogP contribution in [0, 0.1) is 5.82 Å². The number of carbonyl (C=O) groups is 3. The summed E-state index contributed by atoms with van der Waals surface area (Å²) < 4.78 is 24.7. The van der Waals surface area contributed by atoms with Gasteiger partial charge in [-0.25, -0.2) is 4.39 Å². The lowest BCUT2D eigenvalue weighted by Crippen LogP contribution is -2.53. The first kappa shape index (κ1) is 23.7. The van der Waals surface area contributed by atoms with Crippen LogP contribution in [0.4, 0.5) is 4.39 Å². The smallest absolute Gasteiger partial charge is 0.251 e. The maximum atomic E-state index is 13.5. The third kappa shape index (κ3) is 5.13. The molecule has 3 aromatic carbocycles. The molecular weight excluding hydrogens is 463 g/mol. The molecule has 0 spiro atoms. The normalized spacial score (nSPS) is 19.6. The van der Waals surface area contributed by atoms with E-state index in [4.69, 9.17) is 9.47 Å². The highest BCUT2D eigenvalue weighted by molar-refractivity contribution is 5.99. The molecule has 3 aromatic rings. The van der Waals surface area contributed by atoms with Gasteiger partial charge in [0.25, 0.3) is 5.91 Å². The minimum Gasteiger partial charge on any atom is -0.457 e. The van der Waals surface area contributed by atoms with Gasteiger partial charge in [0.1, 0.15) is 36.0 Å². The minimum atomic E-state index is -0.935. The second-order valence-electron chi connectivity index (χ2n) is 8.88. The van der Waals surface area contributed by atoms with Crippen molar-refractivity contribution in [3.8, 4) is 11.5 Å². The van der Waals surface area contributed by atoms with Crippen LogP contribution >= 0.6 is 0 Å². The van der Waals surface area contributed by atoms with Crippen molar-refractivity contribution in [2.75, 3.05) is 13.2 Å². The third-order valence-corrected chi connectivity index (χ3v) is 6.45. The highest BCUT2D eigenvalue weighted by atomic mass is 19.1. The van der Waals surface area contributed by atoms with Crippen LogP contribution in [0.1, 0.15) is 22.3 Å². The summed E-state index contributed by atoms with van der Waals surface area (Å²) in [6, 6.07) is 20.1. The number of nitrogens with one attached hydrogen (secondary N) is 1. The van der Waals surface area contributed by atoms with Crippen LogP contribution in [0.2, 0.25) is 0 Å². The van der Waals surface area contributed by atoms with Gasteiger partial charge in [0, 0.05) is 18.5 Å². The van der Waals surface area contributed by atoms with Gasteiger partial charge in [-0.3, -0.25) is 14.4 Å². The number of nitrogens with zero attached hydrogens (tertiary/aromatic N) is 1. The predicted molar refractivity (Wildman–Crippen MR) is 129 cm³/mol. The Morgan fingerprint density at radius 1 is 1.00 bits per heavy atom. The third-order valence-electron chi connectivity index (χ3n) is 6.45. The van der Waals surface area contributed by atoms with Crippen LogP contribution in [0.25, 0.3) is 0 Å². The minimum absolute atomic E-state index is 0.00843. The second kappa shape index (κ2) is 10.3. The summed E-state index contributed by atoms with van der Waals surface area (Å²) in [5, 5.41) is 2.82. The van der Waals surface area contributed by atoms with Gasteiger partial charge < -0.3 is 19.7 Å². The summed E-state index contributed by atoms with van der Waals surface area (Å²) in [4.78, 5) is 40.5. The fourth-order valence-electron chi connectivity index (χ4n) is 4.64. The van der Waals surface area contributed by atoms with Gasteiger partial charge >= 0.3 is 0 Å². The molecule has 3 unspecified atom stereocenters. The molecule has 2 aliphatic heterocycles. The van der Waals surface area contributed by atoms with Gasteiger partial charge in [0.05, 0.1) is 6.10 Å². The predicted octanol–water partition coefficient (Wildman–Crippen LogP) is 3.53. The molecule has 7 nitrogen and oxygen atoms in total. The first-order chi connectivity index (χ1) is 17.5. The molecule has 3 atom stereocenters. The number of amides is 2. The van der Waals surface area contributed by atoms with E-state index in [0.29, 0.717) is 35.6 Å². The molecular formula is C28H25FN2O5. The molecule has 2 amide bonds. The number of fused-ring (bicyclic) bond motifs is 1. The molecule has 2 aliphatic rings. The number of rotatable bonds is 7. The lowest BCUT2D eigenvalue weighted by atomic mass is 10.0. The van der Waals surface area contributed by atoms with Crippen molar-refractivity contribution in [3.05, 3.63) is 95.8 Å². The first-order valence-electron chi connectivity index (χ1n) is 11.8. The van der Waals surface area contributed by atoms with Crippen molar-refractivity contribution in [1.29, 1.82) is 0 Å². The summed E-state index contributed by atoms with van der Waals surface area (Å²) in [7, 11) is 0. The molecule has 5 rings (SSSR count). The van der Waals surface area contributed by atoms with Gasteiger partial charge in [0.2, 0.25) is 5.91 Å². The Morgan fingerprint density at radius 3 is 2.42 bits per heavy atom. The molecule has 0 saturated carbocycles. The Bertz CT molecular complexity index is 1250. The molecule has 36 heavy (non-hydrogen) atoms. The lowest BCUT2D eigenvalue weighted by Gasteiger charge is -2.27. The van der Waals surface area contributed by atoms with Crippen molar-refractivity contribution in [1.82, 2.24) is 10.2 Å². The highest BCUT2D eigenvalue weighted by Crippen LogP contribution is 2.28. The molecule has 0 aromatic heterocycles. The van der Waals surface area contributed by atoms with Crippen molar-refractivity contribution in [2.24, 2.45) is 0 Å². The standard InChI is InChI=1S/C28H25FN2O5/c29-20-10-6-18(7-11-20)16-23(28(34)31-15-14-25-26(31)24(32)17-35-25)30-27(33)19-8-12-22(13-9-19)36-21-4-2-1-3-5-21/h1-13,23,25-26H,14-17H2,(H,30,33). The molecule has 2 fully saturated rings. The molecule has 0 radical (unpaired) electrons. The van der Waals surface area contributed by atoms with E-state index in [-0.39, 0.29) is 36.6 Å². The Morgan fingerprint density at radius 2 is 1.69 bits per heavy atom. The SMILES string of the molecule is O=C(NC(Cc1ccc(F)cc1)C(=O)N1CCC2OCC(=O)C21)c1ccc(Oc2ccccc2)cc1. The van der Waals surface area contributed by atoms with E-state index in [1.54, 1.807) is 36.4 Å². The molecule has 184 valence electrons. The largest absolute Gasteiger partial charge is 0.457 e. The van der Waals surface area contributed by atoms with Crippen LogP contribution < -0.4 is 10.1 Å². The number of ether oxygens (including phenoxy) is 2. The van der Waals surface area contributed by atoms with Gasteiger partial charge in [-0.2, -0.15) is 0 Å². The second-order valence-corrected chi connectivity index (χ2v) is 8.88. The number of hydrogen-bond donors (Lipinski definition) is 1.